The van der Waals surface area contributed by atoms with E-state index in [0.29, 0.717) is 44.4 Å². The highest BCUT2D eigenvalue weighted by molar-refractivity contribution is 5.82. The average Bonchev–Trinajstić information content (AvgIpc) is 3.07. The first kappa shape index (κ1) is 42.3. The van der Waals surface area contributed by atoms with Gasteiger partial charge in [-0.3, -0.25) is 0 Å². The second-order valence-electron chi connectivity index (χ2n) is 14.9. The van der Waals surface area contributed by atoms with E-state index in [-0.39, 0.29) is 43.9 Å². The Morgan fingerprint density at radius 1 is 1.14 bits per heavy atom. The summed E-state index contributed by atoms with van der Waals surface area (Å²) in [6.45, 7) is 14.2. The number of fused-ring (bicyclic) bond motifs is 4. The number of aliphatic hydroxyl groups excluding tert-OH is 3. The molecular formula is C42H62O9. The normalized spacial score (nSPS) is 34.2. The van der Waals surface area contributed by atoms with Gasteiger partial charge in [-0.05, 0) is 56.9 Å². The molecule has 9 heteroatoms. The molecule has 3 rings (SSSR count). The Balaban J connectivity index is 1.74. The minimum absolute atomic E-state index is 0.0200. The van der Waals surface area contributed by atoms with Crippen LogP contribution in [0.5, 0.6) is 0 Å². The summed E-state index contributed by atoms with van der Waals surface area (Å²) in [4.78, 5) is 25.4. The van der Waals surface area contributed by atoms with E-state index >= 15 is 0 Å². The van der Waals surface area contributed by atoms with Crippen molar-refractivity contribution in [1.29, 1.82) is 0 Å². The van der Waals surface area contributed by atoms with E-state index in [0.717, 1.165) is 24.0 Å². The van der Waals surface area contributed by atoms with Gasteiger partial charge in [-0.1, -0.05) is 101 Å². The fourth-order valence-electron chi connectivity index (χ4n) is 6.63. The van der Waals surface area contributed by atoms with E-state index in [2.05, 4.69) is 32.6 Å². The summed E-state index contributed by atoms with van der Waals surface area (Å²) in [5.41, 5.74) is 1.17. The van der Waals surface area contributed by atoms with Crippen molar-refractivity contribution >= 4 is 11.9 Å². The van der Waals surface area contributed by atoms with E-state index < -0.39 is 41.8 Å². The van der Waals surface area contributed by atoms with Crippen LogP contribution < -0.4 is 0 Å². The molecule has 0 amide bonds. The zero-order valence-electron chi connectivity index (χ0n) is 31.3. The van der Waals surface area contributed by atoms with Crippen LogP contribution in [0, 0.1) is 17.3 Å². The van der Waals surface area contributed by atoms with Crippen LogP contribution in [0.3, 0.4) is 0 Å². The van der Waals surface area contributed by atoms with Crippen molar-refractivity contribution < 1.29 is 43.9 Å². The molecule has 0 saturated carbocycles. The second kappa shape index (κ2) is 21.4. The predicted octanol–water partition coefficient (Wildman–Crippen LogP) is 6.80. The molecule has 3 heterocycles. The number of hydrogen-bond donors (Lipinski definition) is 3. The zero-order valence-corrected chi connectivity index (χ0v) is 31.3. The maximum atomic E-state index is 13.1. The van der Waals surface area contributed by atoms with Crippen molar-refractivity contribution in [3.8, 4) is 0 Å². The molecule has 0 aromatic heterocycles. The smallest absolute Gasteiger partial charge is 0.335 e. The fourth-order valence-corrected chi connectivity index (χ4v) is 6.63. The van der Waals surface area contributed by atoms with Crippen molar-refractivity contribution in [3.63, 3.8) is 0 Å². The highest BCUT2D eigenvalue weighted by Crippen LogP contribution is 2.43. The minimum Gasteiger partial charge on any atom is -0.459 e. The number of carbonyl (C=O) groups excluding carboxylic acids is 2. The number of esters is 2. The lowest BCUT2D eigenvalue weighted by Gasteiger charge is -2.48. The molecular weight excluding hydrogens is 648 g/mol. The Kier molecular flexibility index (Phi) is 17.8. The van der Waals surface area contributed by atoms with Crippen molar-refractivity contribution in [2.75, 3.05) is 13.2 Å². The third-order valence-electron chi connectivity index (χ3n) is 10.1. The monoisotopic (exact) mass is 710 g/mol. The van der Waals surface area contributed by atoms with Gasteiger partial charge in [0.25, 0.3) is 0 Å². The number of rotatable bonds is 12. The van der Waals surface area contributed by atoms with E-state index in [1.54, 1.807) is 18.2 Å². The molecule has 2 fully saturated rings. The van der Waals surface area contributed by atoms with Crippen molar-refractivity contribution in [1.82, 2.24) is 0 Å². The van der Waals surface area contributed by atoms with Crippen LogP contribution in [0.15, 0.2) is 84.6 Å². The van der Waals surface area contributed by atoms with E-state index in [4.69, 9.17) is 18.9 Å². The van der Waals surface area contributed by atoms with Crippen LogP contribution in [-0.4, -0.2) is 83.2 Å². The van der Waals surface area contributed by atoms with Crippen LogP contribution >= 0.6 is 0 Å². The third kappa shape index (κ3) is 14.1. The fraction of sp³-hybridized carbons (Fsp3) is 0.619. The zero-order chi connectivity index (χ0) is 37.4. The van der Waals surface area contributed by atoms with Gasteiger partial charge < -0.3 is 34.3 Å². The number of carbonyl (C=O) groups is 2. The maximum Gasteiger partial charge on any atom is 0.335 e. The Hall–Kier alpha value is -3.08. The summed E-state index contributed by atoms with van der Waals surface area (Å²) in [6.07, 6.45) is 21.9. The van der Waals surface area contributed by atoms with Crippen LogP contribution in [-0.2, 0) is 28.5 Å². The van der Waals surface area contributed by atoms with Gasteiger partial charge in [0.15, 0.2) is 6.10 Å². The molecule has 3 aliphatic heterocycles. The molecule has 2 saturated heterocycles. The SMILES string of the molecule is C=C(CCC(C)C)COC(=O)[C@H](O)C/C=C\C[C@@H]1O[C@@H]2C=CC/C=C/C(C)=C\[C@H]3O[C@@H](C/C=C/C=C/C(=O)O[C@H](C2)[C@@]1(C)CCO)C[C@H](O)[C@H]3C. The van der Waals surface area contributed by atoms with Crippen molar-refractivity contribution in [2.24, 2.45) is 17.3 Å². The van der Waals surface area contributed by atoms with Crippen molar-refractivity contribution in [2.45, 2.75) is 135 Å². The van der Waals surface area contributed by atoms with Gasteiger partial charge >= 0.3 is 11.9 Å². The van der Waals surface area contributed by atoms with Crippen LogP contribution in [0.25, 0.3) is 0 Å². The molecule has 3 N–H and O–H groups in total. The summed E-state index contributed by atoms with van der Waals surface area (Å²) in [5, 5.41) is 31.2. The summed E-state index contributed by atoms with van der Waals surface area (Å²) >= 11 is 0. The quantitative estimate of drug-likeness (QED) is 0.148. The van der Waals surface area contributed by atoms with Crippen LogP contribution in [0.4, 0.5) is 0 Å². The van der Waals surface area contributed by atoms with Crippen molar-refractivity contribution in [3.05, 3.63) is 84.6 Å². The molecule has 0 aliphatic carbocycles. The van der Waals surface area contributed by atoms with Gasteiger partial charge in [0.05, 0.1) is 30.5 Å². The number of allylic oxidation sites excluding steroid dienone is 6. The van der Waals surface area contributed by atoms with E-state index in [1.807, 2.05) is 51.2 Å². The van der Waals surface area contributed by atoms with Crippen LogP contribution in [0.1, 0.15) is 92.4 Å². The molecule has 4 bridgehead atoms. The standard InChI is InChI=1S/C42H62O9/c1-29(2)21-22-31(4)28-48-41(47)35(44)18-13-14-19-38-42(6,23-24-43)39-27-34(50-38)17-10-7-9-15-30(3)25-37-32(5)36(45)26-33(49-37)16-11-8-12-20-40(46)51-39/h8-15,17,20,25,29,32-39,43-45H,4,7,16,18-19,21-24,26-28H2,1-3,5-6H3/b11-8+,14-13-,15-9+,17-10?,20-12+,30-25-/t32-,33+,34-,35-,36+,37-,38+,39-,42+/m1/s1. The van der Waals surface area contributed by atoms with Gasteiger partial charge in [-0.2, -0.15) is 0 Å². The predicted molar refractivity (Wildman–Crippen MR) is 200 cm³/mol. The number of hydrogen-bond acceptors (Lipinski definition) is 9. The molecule has 0 spiro atoms. The second-order valence-corrected chi connectivity index (χ2v) is 14.9. The minimum atomic E-state index is -1.30. The Bertz CT molecular complexity index is 1310. The summed E-state index contributed by atoms with van der Waals surface area (Å²) in [6, 6.07) is 0. The van der Waals surface area contributed by atoms with Gasteiger partial charge in [0.1, 0.15) is 12.7 Å². The highest BCUT2D eigenvalue weighted by atomic mass is 16.6. The molecule has 0 aromatic carbocycles. The molecule has 51 heavy (non-hydrogen) atoms. The molecule has 0 unspecified atom stereocenters. The summed E-state index contributed by atoms with van der Waals surface area (Å²) in [7, 11) is 0. The largest absolute Gasteiger partial charge is 0.459 e. The van der Waals surface area contributed by atoms with E-state index in [9.17, 15) is 24.9 Å². The lowest BCUT2D eigenvalue weighted by Crippen LogP contribution is -2.53. The lowest BCUT2D eigenvalue weighted by molar-refractivity contribution is -0.193. The molecule has 284 valence electrons. The summed E-state index contributed by atoms with van der Waals surface area (Å²) in [5.74, 6) is -0.671. The highest BCUT2D eigenvalue weighted by Gasteiger charge is 2.48. The van der Waals surface area contributed by atoms with Gasteiger partial charge in [-0.15, -0.1) is 0 Å². The Morgan fingerprint density at radius 3 is 2.67 bits per heavy atom. The van der Waals surface area contributed by atoms with Crippen LogP contribution in [0.2, 0.25) is 0 Å². The number of aliphatic hydroxyl groups is 3. The molecule has 0 aromatic rings. The molecule has 0 radical (unpaired) electrons. The summed E-state index contributed by atoms with van der Waals surface area (Å²) < 4.78 is 24.2. The Labute approximate surface area is 305 Å². The maximum absolute atomic E-state index is 13.1. The van der Waals surface area contributed by atoms with E-state index in [1.165, 1.54) is 6.08 Å². The molecule has 9 nitrogen and oxygen atoms in total. The average molecular weight is 711 g/mol. The topological polar surface area (TPSA) is 132 Å². The van der Waals surface area contributed by atoms with Gasteiger partial charge in [0, 0.05) is 43.3 Å². The van der Waals surface area contributed by atoms with Gasteiger partial charge in [0.2, 0.25) is 0 Å². The first-order valence-electron chi connectivity index (χ1n) is 18.6. The molecule has 3 aliphatic rings. The Morgan fingerprint density at radius 2 is 1.92 bits per heavy atom. The number of ether oxygens (including phenoxy) is 4. The molecule has 9 atom stereocenters. The third-order valence-corrected chi connectivity index (χ3v) is 10.1. The first-order chi connectivity index (χ1) is 24.3. The van der Waals surface area contributed by atoms with Gasteiger partial charge in [-0.25, -0.2) is 9.59 Å². The lowest BCUT2D eigenvalue weighted by atomic mass is 9.71. The first-order valence-corrected chi connectivity index (χ1v) is 18.6.